The maximum Gasteiger partial charge on any atom is 0.265 e. The molecule has 1 aromatic heterocycles. The lowest BCUT2D eigenvalue weighted by molar-refractivity contribution is -0.112. The van der Waals surface area contributed by atoms with Gasteiger partial charge in [-0.25, -0.2) is 0 Å². The number of anilines is 1. The predicted octanol–water partition coefficient (Wildman–Crippen LogP) is 4.95. The van der Waals surface area contributed by atoms with Crippen molar-refractivity contribution in [1.29, 1.82) is 0 Å². The quantitative estimate of drug-likeness (QED) is 0.670. The summed E-state index contributed by atoms with van der Waals surface area (Å²) in [5.74, 6) is 1.04. The smallest absolute Gasteiger partial charge is 0.265 e. The topological polar surface area (TPSA) is 67.4 Å². The van der Waals surface area contributed by atoms with Gasteiger partial charge in [0.25, 0.3) is 11.8 Å². The van der Waals surface area contributed by atoms with Crippen molar-refractivity contribution >= 4 is 40.6 Å². The van der Waals surface area contributed by atoms with Crippen LogP contribution in [-0.4, -0.2) is 24.2 Å². The van der Waals surface area contributed by atoms with Gasteiger partial charge in [0.2, 0.25) is 0 Å². The van der Waals surface area contributed by atoms with Gasteiger partial charge in [0.15, 0.2) is 0 Å². The van der Waals surface area contributed by atoms with Gasteiger partial charge >= 0.3 is 0 Å². The Hall–Kier alpha value is -2.25. The molecule has 2 aromatic rings. The Balaban J connectivity index is 1.70. The van der Waals surface area contributed by atoms with Crippen LogP contribution in [-0.2, 0) is 9.53 Å². The molecule has 1 aliphatic heterocycles. The van der Waals surface area contributed by atoms with E-state index in [2.05, 4.69) is 17.6 Å². The highest BCUT2D eigenvalue weighted by molar-refractivity contribution is 8.04. The third-order valence-corrected chi connectivity index (χ3v) is 6.44. The number of thioether (sulfide) groups is 1. The second-order valence-electron chi connectivity index (χ2n) is 6.45. The molecule has 1 aromatic carbocycles. The lowest BCUT2D eigenvalue weighted by Crippen LogP contribution is -2.28. The van der Waals surface area contributed by atoms with Crippen molar-refractivity contribution in [3.05, 3.63) is 62.9 Å². The van der Waals surface area contributed by atoms with E-state index >= 15 is 0 Å². The predicted molar refractivity (Wildman–Crippen MR) is 116 cm³/mol. The number of allylic oxidation sites excluding steroid dienone is 1. The highest BCUT2D eigenvalue weighted by Gasteiger charge is 2.20. The highest BCUT2D eigenvalue weighted by Crippen LogP contribution is 2.27. The average Bonchev–Trinajstić information content (AvgIpc) is 3.23. The Morgan fingerprint density at radius 3 is 2.79 bits per heavy atom. The first-order valence-electron chi connectivity index (χ1n) is 9.30. The molecule has 3 rings (SSSR count). The van der Waals surface area contributed by atoms with Crippen LogP contribution in [0.1, 0.15) is 48.0 Å². The third-order valence-electron chi connectivity index (χ3n) is 4.33. The minimum atomic E-state index is -0.206. The Labute approximate surface area is 173 Å². The van der Waals surface area contributed by atoms with E-state index in [1.165, 1.54) is 11.8 Å². The van der Waals surface area contributed by atoms with E-state index < -0.39 is 0 Å². The summed E-state index contributed by atoms with van der Waals surface area (Å²) in [6.07, 6.45) is 1.86. The van der Waals surface area contributed by atoms with Crippen LogP contribution in [0.15, 0.2) is 52.4 Å². The number of hydrogen-bond donors (Lipinski definition) is 2. The average molecular weight is 417 g/mol. The van der Waals surface area contributed by atoms with Gasteiger partial charge in [-0.15, -0.1) is 23.1 Å². The molecule has 148 valence electrons. The zero-order chi connectivity index (χ0) is 19.9. The second-order valence-corrected chi connectivity index (χ2v) is 8.53. The minimum absolute atomic E-state index is 0.000611. The van der Waals surface area contributed by atoms with Gasteiger partial charge < -0.3 is 15.4 Å². The molecule has 0 radical (unpaired) electrons. The van der Waals surface area contributed by atoms with Crippen molar-refractivity contribution in [3.8, 4) is 0 Å². The van der Waals surface area contributed by atoms with Crippen molar-refractivity contribution in [3.63, 3.8) is 0 Å². The highest BCUT2D eigenvalue weighted by atomic mass is 32.2. The van der Waals surface area contributed by atoms with E-state index in [4.69, 9.17) is 4.74 Å². The maximum atomic E-state index is 12.8. The van der Waals surface area contributed by atoms with E-state index in [0.717, 1.165) is 23.5 Å². The first-order chi connectivity index (χ1) is 13.6. The van der Waals surface area contributed by atoms with E-state index in [9.17, 15) is 9.59 Å². The van der Waals surface area contributed by atoms with E-state index in [-0.39, 0.29) is 17.9 Å². The molecule has 1 aliphatic rings. The minimum Gasteiger partial charge on any atom is -0.496 e. The van der Waals surface area contributed by atoms with Gasteiger partial charge in [-0.1, -0.05) is 25.5 Å². The Kier molecular flexibility index (Phi) is 7.17. The van der Waals surface area contributed by atoms with Gasteiger partial charge in [0, 0.05) is 21.9 Å². The number of thiophene rings is 1. The van der Waals surface area contributed by atoms with Crippen molar-refractivity contribution < 1.29 is 14.3 Å². The number of benzene rings is 1. The number of ether oxygens (including phenoxy) is 1. The van der Waals surface area contributed by atoms with Crippen LogP contribution in [0, 0.1) is 0 Å². The zero-order valence-electron chi connectivity index (χ0n) is 16.0. The molecule has 1 atom stereocenters. The second kappa shape index (κ2) is 9.80. The van der Waals surface area contributed by atoms with Crippen molar-refractivity contribution in [2.45, 2.75) is 32.7 Å². The van der Waals surface area contributed by atoms with Crippen LogP contribution in [0.25, 0.3) is 0 Å². The van der Waals surface area contributed by atoms with Crippen LogP contribution in [0.2, 0.25) is 0 Å². The lowest BCUT2D eigenvalue weighted by atomic mass is 10.1. The molecule has 0 bridgehead atoms. The monoisotopic (exact) mass is 416 g/mol. The van der Waals surface area contributed by atoms with Crippen molar-refractivity contribution in [2.75, 3.05) is 17.7 Å². The molecule has 0 saturated carbocycles. The molecule has 0 aliphatic carbocycles. The van der Waals surface area contributed by atoms with Gasteiger partial charge in [0.05, 0.1) is 12.6 Å². The van der Waals surface area contributed by atoms with Gasteiger partial charge in [-0.3, -0.25) is 9.59 Å². The number of carbonyl (C=O) groups excluding carboxylic acids is 2. The summed E-state index contributed by atoms with van der Waals surface area (Å²) in [4.78, 5) is 27.0. The Morgan fingerprint density at radius 1 is 1.21 bits per heavy atom. The molecule has 0 fully saturated rings. The first kappa shape index (κ1) is 20.5. The summed E-state index contributed by atoms with van der Waals surface area (Å²) in [7, 11) is 0. The van der Waals surface area contributed by atoms with E-state index in [0.29, 0.717) is 28.5 Å². The molecule has 0 saturated heterocycles. The van der Waals surface area contributed by atoms with Crippen LogP contribution >= 0.6 is 23.1 Å². The first-order valence-corrected chi connectivity index (χ1v) is 11.2. The van der Waals surface area contributed by atoms with Crippen LogP contribution < -0.4 is 10.6 Å². The standard InChI is InChI=1S/C21H24N2O3S2/c1-3-6-17(18-9-5-11-27-18)23-20(24)15-7-4-8-16(13-15)22-21(25)19-14(2)26-10-12-28-19/h4-5,7-9,11,13,17H,3,6,10,12H2,1-2H3,(H,22,25)(H,23,24)/t17-/m1/s1. The van der Waals surface area contributed by atoms with Crippen LogP contribution in [0.3, 0.4) is 0 Å². The number of rotatable bonds is 7. The molecule has 5 nitrogen and oxygen atoms in total. The molecular weight excluding hydrogens is 392 g/mol. The van der Waals surface area contributed by atoms with Crippen LogP contribution in [0.4, 0.5) is 5.69 Å². The zero-order valence-corrected chi connectivity index (χ0v) is 17.6. The number of amides is 2. The van der Waals surface area contributed by atoms with E-state index in [1.807, 2.05) is 17.5 Å². The molecule has 0 unspecified atom stereocenters. The Bertz CT molecular complexity index is 862. The number of nitrogens with one attached hydrogen (secondary N) is 2. The molecule has 2 N–H and O–H groups in total. The summed E-state index contributed by atoms with van der Waals surface area (Å²) in [5, 5.41) is 8.00. The van der Waals surface area contributed by atoms with E-state index in [1.54, 1.807) is 42.5 Å². The van der Waals surface area contributed by atoms with Crippen molar-refractivity contribution in [1.82, 2.24) is 5.32 Å². The fourth-order valence-electron chi connectivity index (χ4n) is 2.96. The van der Waals surface area contributed by atoms with Crippen molar-refractivity contribution in [2.24, 2.45) is 0 Å². The van der Waals surface area contributed by atoms with Gasteiger partial charge in [-0.2, -0.15) is 0 Å². The summed E-state index contributed by atoms with van der Waals surface area (Å²) in [6.45, 7) is 4.52. The fraction of sp³-hybridized carbons (Fsp3) is 0.333. The summed E-state index contributed by atoms with van der Waals surface area (Å²) in [5.41, 5.74) is 1.11. The molecular formula is C21H24N2O3S2. The van der Waals surface area contributed by atoms with Gasteiger partial charge in [-0.05, 0) is 43.0 Å². The molecule has 0 spiro atoms. The number of carbonyl (C=O) groups is 2. The van der Waals surface area contributed by atoms with Gasteiger partial charge in [0.1, 0.15) is 10.7 Å². The number of hydrogen-bond acceptors (Lipinski definition) is 5. The lowest BCUT2D eigenvalue weighted by Gasteiger charge is -2.18. The molecule has 2 amide bonds. The largest absolute Gasteiger partial charge is 0.496 e. The summed E-state index contributed by atoms with van der Waals surface area (Å²) in [6, 6.07) is 11.0. The molecule has 28 heavy (non-hydrogen) atoms. The molecule has 7 heteroatoms. The Morgan fingerprint density at radius 2 is 2.07 bits per heavy atom. The normalized spacial score (nSPS) is 14.9. The molecule has 2 heterocycles. The fourth-order valence-corrected chi connectivity index (χ4v) is 4.59. The SMILES string of the molecule is CCC[C@@H](NC(=O)c1cccc(NC(=O)C2=C(C)OCCS2)c1)c1cccs1. The maximum absolute atomic E-state index is 12.8. The van der Waals surface area contributed by atoms with Crippen LogP contribution in [0.5, 0.6) is 0 Å². The summed E-state index contributed by atoms with van der Waals surface area (Å²) >= 11 is 3.13. The summed E-state index contributed by atoms with van der Waals surface area (Å²) < 4.78 is 5.45. The third kappa shape index (κ3) is 5.17.